The number of anilines is 1. The molecule has 0 aliphatic carbocycles. The van der Waals surface area contributed by atoms with E-state index in [4.69, 9.17) is 0 Å². The van der Waals surface area contributed by atoms with Crippen molar-refractivity contribution in [3.05, 3.63) is 85.4 Å². The van der Waals surface area contributed by atoms with Crippen LogP contribution in [0.2, 0.25) is 0 Å². The van der Waals surface area contributed by atoms with Crippen molar-refractivity contribution < 1.29 is 22.7 Å². The first-order valence-corrected chi connectivity index (χ1v) is 11.3. The quantitative estimate of drug-likeness (QED) is 0.456. The van der Waals surface area contributed by atoms with E-state index in [1.165, 1.54) is 12.4 Å². The van der Waals surface area contributed by atoms with E-state index in [0.717, 1.165) is 33.8 Å². The number of fused-ring (bicyclic) bond motifs is 1. The largest absolute Gasteiger partial charge is 0.477 e. The Morgan fingerprint density at radius 1 is 1.16 bits per heavy atom. The molecule has 0 saturated carbocycles. The van der Waals surface area contributed by atoms with Crippen LogP contribution in [0.15, 0.2) is 68.4 Å². The van der Waals surface area contributed by atoms with Crippen LogP contribution in [-0.4, -0.2) is 36.1 Å². The Labute approximate surface area is 183 Å². The molecule has 4 rings (SSSR count). The van der Waals surface area contributed by atoms with Gasteiger partial charge in [-0.2, -0.15) is 0 Å². The molecular weight excluding hydrogens is 461 g/mol. The van der Waals surface area contributed by atoms with Crippen molar-refractivity contribution in [1.82, 2.24) is 9.55 Å². The number of thiophene rings is 1. The second-order valence-electron chi connectivity index (χ2n) is 6.65. The van der Waals surface area contributed by atoms with E-state index in [2.05, 4.69) is 4.98 Å². The SMILES string of the molecule is CN(c1ccccc1)S(=O)(=O)c1ccc(F)c(-n2c(=O)[nH]c3csc(C(=O)O)c3c2=O)c1. The number of aromatic carboxylic acids is 1. The molecule has 0 amide bonds. The molecule has 164 valence electrons. The zero-order valence-electron chi connectivity index (χ0n) is 16.3. The van der Waals surface area contributed by atoms with E-state index in [0.29, 0.717) is 10.3 Å². The van der Waals surface area contributed by atoms with Gasteiger partial charge in [0.1, 0.15) is 10.7 Å². The molecule has 32 heavy (non-hydrogen) atoms. The van der Waals surface area contributed by atoms with Crippen LogP contribution in [0.1, 0.15) is 9.67 Å². The van der Waals surface area contributed by atoms with Crippen molar-refractivity contribution in [1.29, 1.82) is 0 Å². The number of carboxylic acids is 1. The fraction of sp³-hybridized carbons (Fsp3) is 0.0500. The summed E-state index contributed by atoms with van der Waals surface area (Å²) >= 11 is 0.732. The number of carboxylic acid groups (broad SMARTS) is 1. The molecule has 0 radical (unpaired) electrons. The summed E-state index contributed by atoms with van der Waals surface area (Å²) in [6.45, 7) is 0. The van der Waals surface area contributed by atoms with Gasteiger partial charge in [-0.05, 0) is 30.3 Å². The van der Waals surface area contributed by atoms with E-state index in [1.807, 2.05) is 0 Å². The maximum absolute atomic E-state index is 14.7. The number of aromatic amines is 1. The summed E-state index contributed by atoms with van der Waals surface area (Å²) < 4.78 is 42.2. The first-order chi connectivity index (χ1) is 15.1. The zero-order valence-corrected chi connectivity index (χ0v) is 17.9. The van der Waals surface area contributed by atoms with E-state index in [9.17, 15) is 32.3 Å². The summed E-state index contributed by atoms with van der Waals surface area (Å²) in [6, 6.07) is 10.8. The average molecular weight is 475 g/mol. The van der Waals surface area contributed by atoms with Gasteiger partial charge < -0.3 is 10.1 Å². The lowest BCUT2D eigenvalue weighted by molar-refractivity contribution is 0.0704. The van der Waals surface area contributed by atoms with Crippen LogP contribution in [0.25, 0.3) is 16.6 Å². The van der Waals surface area contributed by atoms with Crippen LogP contribution in [0.3, 0.4) is 0 Å². The van der Waals surface area contributed by atoms with Gasteiger partial charge in [-0.25, -0.2) is 27.0 Å². The third-order valence-corrected chi connectivity index (χ3v) is 7.53. The highest BCUT2D eigenvalue weighted by Crippen LogP contribution is 2.25. The molecule has 12 heteroatoms. The predicted octanol–water partition coefficient (Wildman–Crippen LogP) is 2.40. The highest BCUT2D eigenvalue weighted by atomic mass is 32.2. The van der Waals surface area contributed by atoms with Gasteiger partial charge in [-0.1, -0.05) is 18.2 Å². The molecule has 2 aromatic heterocycles. The molecule has 2 heterocycles. The standard InChI is InChI=1S/C20H14FN3O6S2/c1-23(11-5-3-2-4-6-11)32(29,30)12-7-8-13(21)15(9-12)24-18(25)16-14(22-20(24)28)10-31-17(16)19(26)27/h2-10H,1H3,(H,22,28)(H,26,27). The highest BCUT2D eigenvalue weighted by Gasteiger charge is 2.25. The molecular formula is C20H14FN3O6S2. The highest BCUT2D eigenvalue weighted by molar-refractivity contribution is 7.92. The molecule has 2 aromatic carbocycles. The number of hydrogen-bond donors (Lipinski definition) is 2. The first kappa shape index (κ1) is 21.5. The molecule has 0 unspecified atom stereocenters. The fourth-order valence-corrected chi connectivity index (χ4v) is 5.22. The number of benzene rings is 2. The van der Waals surface area contributed by atoms with Crippen LogP contribution in [0, 0.1) is 5.82 Å². The Balaban J connectivity index is 1.94. The minimum absolute atomic E-state index is 0.00774. The number of para-hydroxylation sites is 1. The Morgan fingerprint density at radius 3 is 2.50 bits per heavy atom. The van der Waals surface area contributed by atoms with Crippen LogP contribution in [-0.2, 0) is 10.0 Å². The van der Waals surface area contributed by atoms with Crippen LogP contribution in [0.4, 0.5) is 10.1 Å². The number of nitrogens with one attached hydrogen (secondary N) is 1. The molecule has 0 fully saturated rings. The number of nitrogens with zero attached hydrogens (tertiary/aromatic N) is 2. The maximum Gasteiger partial charge on any atom is 0.346 e. The van der Waals surface area contributed by atoms with E-state index < -0.39 is 38.7 Å². The second kappa shape index (κ2) is 7.73. The van der Waals surface area contributed by atoms with Crippen LogP contribution in [0.5, 0.6) is 0 Å². The van der Waals surface area contributed by atoms with E-state index in [1.54, 1.807) is 30.3 Å². The summed E-state index contributed by atoms with van der Waals surface area (Å²) in [6.07, 6.45) is 0. The third kappa shape index (κ3) is 3.39. The lowest BCUT2D eigenvalue weighted by Crippen LogP contribution is -2.34. The number of hydrogen-bond acceptors (Lipinski definition) is 6. The number of sulfonamides is 1. The van der Waals surface area contributed by atoms with Gasteiger partial charge in [0.15, 0.2) is 0 Å². The predicted molar refractivity (Wildman–Crippen MR) is 117 cm³/mol. The minimum atomic E-state index is -4.17. The number of H-pyrrole nitrogens is 1. The van der Waals surface area contributed by atoms with Gasteiger partial charge >= 0.3 is 11.7 Å². The molecule has 0 spiro atoms. The van der Waals surface area contributed by atoms with Crippen molar-refractivity contribution in [2.75, 3.05) is 11.4 Å². The van der Waals surface area contributed by atoms with Crippen molar-refractivity contribution in [2.24, 2.45) is 0 Å². The molecule has 4 aromatic rings. The number of carbonyl (C=O) groups is 1. The van der Waals surface area contributed by atoms with Gasteiger partial charge in [-0.3, -0.25) is 9.10 Å². The third-order valence-electron chi connectivity index (χ3n) is 4.78. The molecule has 0 aliphatic heterocycles. The Hall–Kier alpha value is -3.77. The monoisotopic (exact) mass is 475 g/mol. The summed E-state index contributed by atoms with van der Waals surface area (Å²) in [5.41, 5.74) is -2.40. The summed E-state index contributed by atoms with van der Waals surface area (Å²) in [5.74, 6) is -2.42. The van der Waals surface area contributed by atoms with Crippen LogP contribution >= 0.6 is 11.3 Å². The Morgan fingerprint density at radius 2 is 1.84 bits per heavy atom. The van der Waals surface area contributed by atoms with E-state index in [-0.39, 0.29) is 20.7 Å². The van der Waals surface area contributed by atoms with E-state index >= 15 is 0 Å². The van der Waals surface area contributed by atoms with Gasteiger partial charge in [0, 0.05) is 12.4 Å². The number of rotatable bonds is 5. The first-order valence-electron chi connectivity index (χ1n) is 8.96. The minimum Gasteiger partial charge on any atom is -0.477 e. The average Bonchev–Trinajstić information content (AvgIpc) is 3.19. The van der Waals surface area contributed by atoms with Crippen molar-refractivity contribution >= 4 is 43.9 Å². The van der Waals surface area contributed by atoms with Gasteiger partial charge in [0.2, 0.25) is 0 Å². The molecule has 0 bridgehead atoms. The molecule has 0 aliphatic rings. The lowest BCUT2D eigenvalue weighted by Gasteiger charge is -2.20. The van der Waals surface area contributed by atoms with Crippen molar-refractivity contribution in [3.8, 4) is 5.69 Å². The van der Waals surface area contributed by atoms with Gasteiger partial charge in [-0.15, -0.1) is 11.3 Å². The van der Waals surface area contributed by atoms with Gasteiger partial charge in [0.05, 0.1) is 27.2 Å². The maximum atomic E-state index is 14.7. The summed E-state index contributed by atoms with van der Waals surface area (Å²) in [7, 11) is -2.86. The normalized spacial score (nSPS) is 11.6. The molecule has 0 atom stereocenters. The summed E-state index contributed by atoms with van der Waals surface area (Å²) in [4.78, 5) is 38.6. The number of aromatic nitrogens is 2. The fourth-order valence-electron chi connectivity index (χ4n) is 3.17. The molecule has 2 N–H and O–H groups in total. The van der Waals surface area contributed by atoms with Crippen molar-refractivity contribution in [3.63, 3.8) is 0 Å². The topological polar surface area (TPSA) is 130 Å². The second-order valence-corrected chi connectivity index (χ2v) is 9.50. The summed E-state index contributed by atoms with van der Waals surface area (Å²) in [5, 5.41) is 10.3. The zero-order chi connectivity index (χ0) is 23.2. The van der Waals surface area contributed by atoms with Crippen molar-refractivity contribution in [2.45, 2.75) is 4.90 Å². The molecule has 0 saturated heterocycles. The Bertz CT molecular complexity index is 1590. The Kier molecular flexibility index (Phi) is 5.18. The number of halogens is 1. The molecule has 9 nitrogen and oxygen atoms in total. The smallest absolute Gasteiger partial charge is 0.346 e. The van der Waals surface area contributed by atoms with Gasteiger partial charge in [0.25, 0.3) is 15.6 Å². The lowest BCUT2D eigenvalue weighted by atomic mass is 10.2. The van der Waals surface area contributed by atoms with Crippen LogP contribution < -0.4 is 15.6 Å².